The van der Waals surface area contributed by atoms with Gasteiger partial charge in [0.1, 0.15) is 0 Å². The Hall–Kier alpha value is -1.10. The molecule has 1 aliphatic heterocycles. The number of ether oxygens (including phenoxy) is 1. The predicted molar refractivity (Wildman–Crippen MR) is 46.1 cm³/mol. The number of amides is 1. The molecule has 2 N–H and O–H groups in total. The van der Waals surface area contributed by atoms with Gasteiger partial charge in [-0.1, -0.05) is 0 Å². The van der Waals surface area contributed by atoms with Crippen LogP contribution in [-0.2, 0) is 14.3 Å². The van der Waals surface area contributed by atoms with Crippen LogP contribution in [0.15, 0.2) is 0 Å². The Kier molecular flexibility index (Phi) is 3.70. The molecule has 0 aliphatic carbocycles. The van der Waals surface area contributed by atoms with Gasteiger partial charge in [0.05, 0.1) is 13.5 Å². The van der Waals surface area contributed by atoms with E-state index in [1.54, 1.807) is 0 Å². The van der Waals surface area contributed by atoms with Gasteiger partial charge in [-0.25, -0.2) is 0 Å². The quantitative estimate of drug-likeness (QED) is 0.544. The van der Waals surface area contributed by atoms with Gasteiger partial charge in [-0.2, -0.15) is 0 Å². The van der Waals surface area contributed by atoms with Crippen LogP contribution in [-0.4, -0.2) is 38.1 Å². The summed E-state index contributed by atoms with van der Waals surface area (Å²) in [5, 5.41) is 5.81. The summed E-state index contributed by atoms with van der Waals surface area (Å²) in [6, 6.07) is -0.0880. The molecule has 1 atom stereocenters. The van der Waals surface area contributed by atoms with Gasteiger partial charge in [-0.05, 0) is 0 Å². The highest BCUT2D eigenvalue weighted by molar-refractivity contribution is 5.78. The minimum Gasteiger partial charge on any atom is -0.469 e. The van der Waals surface area contributed by atoms with Crippen LogP contribution in [0.1, 0.15) is 12.8 Å². The molecular weight excluding hydrogens is 172 g/mol. The Morgan fingerprint density at radius 2 is 2.38 bits per heavy atom. The van der Waals surface area contributed by atoms with Gasteiger partial charge in [0.2, 0.25) is 5.91 Å². The highest BCUT2D eigenvalue weighted by Crippen LogP contribution is 2.01. The summed E-state index contributed by atoms with van der Waals surface area (Å²) in [4.78, 5) is 22.0. The summed E-state index contributed by atoms with van der Waals surface area (Å²) >= 11 is 0. The molecule has 0 saturated carbocycles. The number of nitrogens with one attached hydrogen (secondary N) is 2. The molecule has 1 unspecified atom stereocenters. The Morgan fingerprint density at radius 1 is 1.62 bits per heavy atom. The minimum absolute atomic E-state index is 0.0149. The number of rotatable bonds is 2. The van der Waals surface area contributed by atoms with Crippen molar-refractivity contribution in [1.82, 2.24) is 10.6 Å². The molecule has 0 aromatic heterocycles. The summed E-state index contributed by atoms with van der Waals surface area (Å²) < 4.78 is 4.52. The fourth-order valence-electron chi connectivity index (χ4n) is 1.28. The molecule has 1 rings (SSSR count). The molecule has 13 heavy (non-hydrogen) atoms. The van der Waals surface area contributed by atoms with Crippen LogP contribution in [0.5, 0.6) is 0 Å². The normalized spacial score (nSPS) is 23.2. The molecule has 0 aromatic carbocycles. The van der Waals surface area contributed by atoms with Crippen LogP contribution < -0.4 is 10.6 Å². The molecule has 74 valence electrons. The highest BCUT2D eigenvalue weighted by Gasteiger charge is 2.19. The highest BCUT2D eigenvalue weighted by atomic mass is 16.5. The van der Waals surface area contributed by atoms with Crippen LogP contribution in [0.2, 0.25) is 0 Å². The van der Waals surface area contributed by atoms with Crippen LogP contribution in [0.3, 0.4) is 0 Å². The summed E-state index contributed by atoms with van der Waals surface area (Å²) in [5.41, 5.74) is 0. The average Bonchev–Trinajstić information content (AvgIpc) is 2.30. The van der Waals surface area contributed by atoms with E-state index in [9.17, 15) is 9.59 Å². The van der Waals surface area contributed by atoms with Crippen molar-refractivity contribution in [2.24, 2.45) is 0 Å². The van der Waals surface area contributed by atoms with E-state index >= 15 is 0 Å². The first kappa shape index (κ1) is 9.98. The lowest BCUT2D eigenvalue weighted by Crippen LogP contribution is -2.32. The molecular formula is C8H14N2O3. The first-order chi connectivity index (χ1) is 6.22. The minimum atomic E-state index is -0.285. The molecule has 5 heteroatoms. The lowest BCUT2D eigenvalue weighted by atomic mass is 10.1. The van der Waals surface area contributed by atoms with Gasteiger partial charge in [-0.15, -0.1) is 0 Å². The Morgan fingerprint density at radius 3 is 3.08 bits per heavy atom. The Bertz CT molecular complexity index is 206. The maximum Gasteiger partial charge on any atom is 0.307 e. The Balaban J connectivity index is 2.39. The fraction of sp³-hybridized carbons (Fsp3) is 0.750. The monoisotopic (exact) mass is 186 g/mol. The molecule has 0 radical (unpaired) electrons. The maximum atomic E-state index is 11.1. The lowest BCUT2D eigenvalue weighted by molar-refractivity contribution is -0.141. The predicted octanol–water partition coefficient (Wildman–Crippen LogP) is -0.972. The molecule has 1 heterocycles. The fourth-order valence-corrected chi connectivity index (χ4v) is 1.28. The molecule has 1 aliphatic rings. The van der Waals surface area contributed by atoms with Gasteiger partial charge < -0.3 is 15.4 Å². The van der Waals surface area contributed by atoms with E-state index < -0.39 is 0 Å². The van der Waals surface area contributed by atoms with Crippen LogP contribution in [0.25, 0.3) is 0 Å². The van der Waals surface area contributed by atoms with E-state index in [4.69, 9.17) is 0 Å². The van der Waals surface area contributed by atoms with Gasteiger partial charge in [-0.3, -0.25) is 9.59 Å². The van der Waals surface area contributed by atoms with Crippen molar-refractivity contribution in [2.45, 2.75) is 18.9 Å². The molecule has 0 aromatic rings. The van der Waals surface area contributed by atoms with E-state index in [1.165, 1.54) is 7.11 Å². The largest absolute Gasteiger partial charge is 0.469 e. The summed E-state index contributed by atoms with van der Waals surface area (Å²) in [6.45, 7) is 1.32. The molecule has 0 bridgehead atoms. The maximum absolute atomic E-state index is 11.1. The first-order valence-electron chi connectivity index (χ1n) is 4.29. The molecule has 1 amide bonds. The van der Waals surface area contributed by atoms with Crippen molar-refractivity contribution in [3.05, 3.63) is 0 Å². The number of hydrogen-bond acceptors (Lipinski definition) is 4. The van der Waals surface area contributed by atoms with Crippen LogP contribution in [0.4, 0.5) is 0 Å². The molecule has 5 nitrogen and oxygen atoms in total. The van der Waals surface area contributed by atoms with Crippen molar-refractivity contribution in [2.75, 3.05) is 20.2 Å². The van der Waals surface area contributed by atoms with E-state index in [0.29, 0.717) is 19.5 Å². The summed E-state index contributed by atoms with van der Waals surface area (Å²) in [5.74, 6) is -0.300. The lowest BCUT2D eigenvalue weighted by Gasteiger charge is -2.11. The second kappa shape index (κ2) is 4.81. The van der Waals surface area contributed by atoms with Crippen LogP contribution >= 0.6 is 0 Å². The molecule has 1 fully saturated rings. The van der Waals surface area contributed by atoms with Gasteiger partial charge >= 0.3 is 5.97 Å². The van der Waals surface area contributed by atoms with E-state index in [1.807, 2.05) is 0 Å². The second-order valence-electron chi connectivity index (χ2n) is 2.99. The molecule has 1 saturated heterocycles. The van der Waals surface area contributed by atoms with Crippen molar-refractivity contribution in [3.8, 4) is 0 Å². The zero-order valence-electron chi connectivity index (χ0n) is 7.63. The molecule has 0 spiro atoms. The van der Waals surface area contributed by atoms with Gasteiger partial charge in [0.15, 0.2) is 0 Å². The Labute approximate surface area is 76.8 Å². The number of hydrogen-bond donors (Lipinski definition) is 2. The van der Waals surface area contributed by atoms with Crippen molar-refractivity contribution >= 4 is 11.9 Å². The average molecular weight is 186 g/mol. The van der Waals surface area contributed by atoms with E-state index in [-0.39, 0.29) is 24.3 Å². The first-order valence-corrected chi connectivity index (χ1v) is 4.29. The topological polar surface area (TPSA) is 67.4 Å². The third-order valence-electron chi connectivity index (χ3n) is 1.95. The van der Waals surface area contributed by atoms with Crippen molar-refractivity contribution in [1.29, 1.82) is 0 Å². The number of carbonyl (C=O) groups is 2. The second-order valence-corrected chi connectivity index (χ2v) is 2.99. The van der Waals surface area contributed by atoms with Gasteiger partial charge in [0.25, 0.3) is 0 Å². The number of carbonyl (C=O) groups excluding carboxylic acids is 2. The van der Waals surface area contributed by atoms with Crippen molar-refractivity contribution in [3.63, 3.8) is 0 Å². The van der Waals surface area contributed by atoms with Gasteiger partial charge in [0, 0.05) is 25.6 Å². The number of methoxy groups -OCH3 is 1. The third-order valence-corrected chi connectivity index (χ3v) is 1.95. The third kappa shape index (κ3) is 3.42. The zero-order chi connectivity index (χ0) is 9.68. The SMILES string of the molecule is COC(=O)CC1CC(=O)NCCN1. The zero-order valence-corrected chi connectivity index (χ0v) is 7.63. The van der Waals surface area contributed by atoms with Crippen molar-refractivity contribution < 1.29 is 14.3 Å². The van der Waals surface area contributed by atoms with Crippen LogP contribution in [0, 0.1) is 0 Å². The van der Waals surface area contributed by atoms with E-state index in [2.05, 4.69) is 15.4 Å². The standard InChI is InChI=1S/C8H14N2O3/c1-13-8(12)5-6-4-7(11)10-3-2-9-6/h6,9H,2-5H2,1H3,(H,10,11). The van der Waals surface area contributed by atoms with E-state index in [0.717, 1.165) is 0 Å². The summed E-state index contributed by atoms with van der Waals surface area (Å²) in [7, 11) is 1.35. The summed E-state index contributed by atoms with van der Waals surface area (Å²) in [6.07, 6.45) is 0.596. The number of esters is 1. The smallest absolute Gasteiger partial charge is 0.307 e.